The second kappa shape index (κ2) is 13.3. The van der Waals surface area contributed by atoms with Crippen molar-refractivity contribution in [2.24, 2.45) is 0 Å². The molecule has 4 heteroatoms. The van der Waals surface area contributed by atoms with E-state index < -0.39 is 0 Å². The first-order valence-electron chi connectivity index (χ1n) is 18.9. The van der Waals surface area contributed by atoms with E-state index >= 15 is 0 Å². The molecule has 0 fully saturated rings. The van der Waals surface area contributed by atoms with Crippen LogP contribution in [-0.4, -0.2) is 0 Å². The van der Waals surface area contributed by atoms with Gasteiger partial charge in [-0.1, -0.05) is 127 Å². The van der Waals surface area contributed by atoms with Crippen LogP contribution in [0.1, 0.15) is 0 Å². The predicted molar refractivity (Wildman–Crippen MR) is 239 cm³/mol. The number of para-hydroxylation sites is 2. The van der Waals surface area contributed by atoms with Gasteiger partial charge in [-0.3, -0.25) is 0 Å². The highest BCUT2D eigenvalue weighted by molar-refractivity contribution is 7.25. The van der Waals surface area contributed by atoms with Crippen molar-refractivity contribution >= 4 is 98.3 Å². The zero-order valence-electron chi connectivity index (χ0n) is 30.3. The number of anilines is 6. The van der Waals surface area contributed by atoms with Crippen LogP contribution in [0.25, 0.3) is 64.0 Å². The van der Waals surface area contributed by atoms with Crippen molar-refractivity contribution < 1.29 is 4.42 Å². The monoisotopic (exact) mass is 734 g/mol. The van der Waals surface area contributed by atoms with Gasteiger partial charge in [0.25, 0.3) is 0 Å². The summed E-state index contributed by atoms with van der Waals surface area (Å²) in [4.78, 5) is 4.72. The number of thiophene rings is 1. The second-order valence-electron chi connectivity index (χ2n) is 14.1. The van der Waals surface area contributed by atoms with Crippen LogP contribution < -0.4 is 9.80 Å². The summed E-state index contributed by atoms with van der Waals surface area (Å²) in [5, 5.41) is 6.93. The molecule has 0 spiro atoms. The van der Waals surface area contributed by atoms with E-state index in [1.807, 2.05) is 11.3 Å². The first-order valence-corrected chi connectivity index (χ1v) is 19.7. The standard InChI is InChI=1S/C52H34N2OS/c1-4-14-35(15-5-1)36-24-27-40(28-25-36)54(39-19-8-3-9-20-39)48-34-42(33-47-45-30-26-37-16-10-11-21-43(37)51(45)55-52(47)48)53(38-17-6-2-7-18-38)41-29-31-50-46(32-41)44-22-12-13-23-49(44)56-50/h1-34H. The van der Waals surface area contributed by atoms with Gasteiger partial charge in [-0.2, -0.15) is 0 Å². The summed E-state index contributed by atoms with van der Waals surface area (Å²) in [6, 6.07) is 73.8. The van der Waals surface area contributed by atoms with Crippen LogP contribution in [0.2, 0.25) is 0 Å². The molecule has 0 aliphatic rings. The van der Waals surface area contributed by atoms with Gasteiger partial charge >= 0.3 is 0 Å². The SMILES string of the molecule is c1ccc(-c2ccc(N(c3ccccc3)c3cc(N(c4ccccc4)c4ccc5sc6ccccc6c5c4)cc4c3oc3c5ccccc5ccc43)cc2)cc1. The molecule has 0 atom stereocenters. The third kappa shape index (κ3) is 5.42. The average Bonchev–Trinajstić information content (AvgIpc) is 3.84. The molecule has 0 saturated heterocycles. The van der Waals surface area contributed by atoms with Gasteiger partial charge < -0.3 is 14.2 Å². The number of benzene rings is 9. The van der Waals surface area contributed by atoms with Crippen LogP contribution in [-0.2, 0) is 0 Å². The van der Waals surface area contributed by atoms with Crippen LogP contribution in [0.15, 0.2) is 211 Å². The maximum absolute atomic E-state index is 7.10. The number of fused-ring (bicyclic) bond motifs is 8. The Morgan fingerprint density at radius 3 is 1.66 bits per heavy atom. The van der Waals surface area contributed by atoms with E-state index in [1.165, 1.54) is 31.3 Å². The van der Waals surface area contributed by atoms with Gasteiger partial charge in [0.05, 0.1) is 5.69 Å². The highest BCUT2D eigenvalue weighted by atomic mass is 32.1. The molecule has 0 aliphatic heterocycles. The van der Waals surface area contributed by atoms with Crippen LogP contribution in [0.5, 0.6) is 0 Å². The fourth-order valence-electron chi connectivity index (χ4n) is 8.18. The fraction of sp³-hybridized carbons (Fsp3) is 0. The summed E-state index contributed by atoms with van der Waals surface area (Å²) in [5.74, 6) is 0. The maximum atomic E-state index is 7.10. The zero-order chi connectivity index (χ0) is 37.0. The Hall–Kier alpha value is -7.14. The van der Waals surface area contributed by atoms with E-state index in [1.54, 1.807) is 0 Å². The second-order valence-corrected chi connectivity index (χ2v) is 15.2. The van der Waals surface area contributed by atoms with Gasteiger partial charge in [0.15, 0.2) is 5.58 Å². The first kappa shape index (κ1) is 32.3. The highest BCUT2D eigenvalue weighted by Gasteiger charge is 2.24. The Balaban J connectivity index is 1.20. The first-order chi connectivity index (χ1) is 27.8. The normalized spacial score (nSPS) is 11.6. The Kier molecular flexibility index (Phi) is 7.68. The van der Waals surface area contributed by atoms with Crippen molar-refractivity contribution in [3.8, 4) is 11.1 Å². The zero-order valence-corrected chi connectivity index (χ0v) is 31.2. The Bertz CT molecular complexity index is 3190. The number of nitrogens with zero attached hydrogens (tertiary/aromatic N) is 2. The lowest BCUT2D eigenvalue weighted by Gasteiger charge is -2.29. The Labute approximate surface area is 328 Å². The van der Waals surface area contributed by atoms with Crippen molar-refractivity contribution in [2.75, 3.05) is 9.80 Å². The van der Waals surface area contributed by atoms with E-state index in [2.05, 4.69) is 216 Å². The van der Waals surface area contributed by atoms with Crippen molar-refractivity contribution in [1.82, 2.24) is 0 Å². The Morgan fingerprint density at radius 1 is 0.321 bits per heavy atom. The van der Waals surface area contributed by atoms with Gasteiger partial charge in [0, 0.05) is 64.8 Å². The summed E-state index contributed by atoms with van der Waals surface area (Å²) in [6.45, 7) is 0. The lowest BCUT2D eigenvalue weighted by Crippen LogP contribution is -2.13. The van der Waals surface area contributed by atoms with Crippen molar-refractivity contribution in [1.29, 1.82) is 0 Å². The maximum Gasteiger partial charge on any atom is 0.159 e. The number of hydrogen-bond donors (Lipinski definition) is 0. The molecular formula is C52H34N2OS. The van der Waals surface area contributed by atoms with Crippen molar-refractivity contribution in [2.45, 2.75) is 0 Å². The minimum atomic E-state index is 0.836. The average molecular weight is 735 g/mol. The molecule has 2 aromatic heterocycles. The van der Waals surface area contributed by atoms with Gasteiger partial charge in [-0.15, -0.1) is 11.3 Å². The molecule has 264 valence electrons. The van der Waals surface area contributed by atoms with E-state index in [-0.39, 0.29) is 0 Å². The van der Waals surface area contributed by atoms with Crippen LogP contribution in [0, 0.1) is 0 Å². The molecule has 11 aromatic rings. The molecule has 0 aliphatic carbocycles. The van der Waals surface area contributed by atoms with Crippen molar-refractivity contribution in [3.05, 3.63) is 206 Å². The molecule has 3 nitrogen and oxygen atoms in total. The molecule has 56 heavy (non-hydrogen) atoms. The van der Waals surface area contributed by atoms with E-state index in [0.717, 1.165) is 66.8 Å². The molecule has 9 aromatic carbocycles. The van der Waals surface area contributed by atoms with Gasteiger partial charge in [-0.25, -0.2) is 0 Å². The minimum Gasteiger partial charge on any atom is -0.453 e. The number of hydrogen-bond acceptors (Lipinski definition) is 4. The van der Waals surface area contributed by atoms with Crippen molar-refractivity contribution in [3.63, 3.8) is 0 Å². The van der Waals surface area contributed by atoms with E-state index in [4.69, 9.17) is 4.42 Å². The van der Waals surface area contributed by atoms with Gasteiger partial charge in [0.2, 0.25) is 0 Å². The quantitative estimate of drug-likeness (QED) is 0.163. The smallest absolute Gasteiger partial charge is 0.159 e. The summed E-state index contributed by atoms with van der Waals surface area (Å²) >= 11 is 1.84. The summed E-state index contributed by atoms with van der Waals surface area (Å²) < 4.78 is 9.67. The van der Waals surface area contributed by atoms with E-state index in [9.17, 15) is 0 Å². The number of furan rings is 1. The summed E-state index contributed by atoms with van der Waals surface area (Å²) in [5.41, 5.74) is 10.3. The van der Waals surface area contributed by atoms with E-state index in [0.29, 0.717) is 0 Å². The van der Waals surface area contributed by atoms with Crippen LogP contribution in [0.4, 0.5) is 34.1 Å². The lowest BCUT2D eigenvalue weighted by molar-refractivity contribution is 0.673. The summed E-state index contributed by atoms with van der Waals surface area (Å²) in [6.07, 6.45) is 0. The fourth-order valence-corrected chi connectivity index (χ4v) is 9.27. The largest absolute Gasteiger partial charge is 0.453 e. The molecule has 0 N–H and O–H groups in total. The highest BCUT2D eigenvalue weighted by Crippen LogP contribution is 2.48. The molecule has 0 radical (unpaired) electrons. The molecule has 0 amide bonds. The Morgan fingerprint density at radius 2 is 0.893 bits per heavy atom. The minimum absolute atomic E-state index is 0.836. The molecule has 0 saturated carbocycles. The van der Waals surface area contributed by atoms with Crippen LogP contribution >= 0.6 is 11.3 Å². The predicted octanol–water partition coefficient (Wildman–Crippen LogP) is 15.7. The third-order valence-corrected chi connectivity index (χ3v) is 12.0. The lowest BCUT2D eigenvalue weighted by atomic mass is 10.0. The van der Waals surface area contributed by atoms with Gasteiger partial charge in [0.1, 0.15) is 5.58 Å². The van der Waals surface area contributed by atoms with Crippen LogP contribution in [0.3, 0.4) is 0 Å². The molecule has 2 heterocycles. The topological polar surface area (TPSA) is 19.6 Å². The number of rotatable bonds is 7. The molecule has 11 rings (SSSR count). The summed E-state index contributed by atoms with van der Waals surface area (Å²) in [7, 11) is 0. The third-order valence-electron chi connectivity index (χ3n) is 10.8. The molecule has 0 unspecified atom stereocenters. The van der Waals surface area contributed by atoms with Gasteiger partial charge in [-0.05, 0) is 95.4 Å². The molecule has 0 bridgehead atoms. The molecular weight excluding hydrogens is 701 g/mol.